The number of carbonyl (C=O) groups excluding carboxylic acids is 1. The molecule has 0 fully saturated rings. The zero-order chi connectivity index (χ0) is 13.7. The molecule has 1 aromatic carbocycles. The second-order valence-electron chi connectivity index (χ2n) is 3.99. The predicted molar refractivity (Wildman–Crippen MR) is 67.5 cm³/mol. The minimum Gasteiger partial charge on any atom is -0.324 e. The lowest BCUT2D eigenvalue weighted by Crippen LogP contribution is -2.13. The minimum absolute atomic E-state index is 0.0209. The van der Waals surface area contributed by atoms with Crippen molar-refractivity contribution in [2.75, 3.05) is 5.32 Å². The number of rotatable bonds is 4. The monoisotopic (exact) mass is 262 g/mol. The highest BCUT2D eigenvalue weighted by Gasteiger charge is 2.08. The van der Waals surface area contributed by atoms with Crippen molar-refractivity contribution in [2.45, 2.75) is 12.8 Å². The number of aryl methyl sites for hydroxylation is 1. The average molecular weight is 262 g/mol. The van der Waals surface area contributed by atoms with Crippen LogP contribution in [-0.2, 0) is 11.2 Å². The Balaban J connectivity index is 1.91. The molecule has 5 heteroatoms. The Bertz CT molecular complexity index is 573. The van der Waals surface area contributed by atoms with E-state index in [4.69, 9.17) is 0 Å². The van der Waals surface area contributed by atoms with Crippen LogP contribution in [-0.4, -0.2) is 10.9 Å². The average Bonchev–Trinajstić information content (AvgIpc) is 2.41. The number of nitrogens with zero attached hydrogens (tertiary/aromatic N) is 1. The number of nitrogens with one attached hydrogen (secondary N) is 1. The summed E-state index contributed by atoms with van der Waals surface area (Å²) in [5.41, 5.74) is 0.768. The van der Waals surface area contributed by atoms with Gasteiger partial charge in [-0.15, -0.1) is 0 Å². The molecule has 19 heavy (non-hydrogen) atoms. The third-order valence-corrected chi connectivity index (χ3v) is 2.54. The molecule has 0 spiro atoms. The van der Waals surface area contributed by atoms with Crippen LogP contribution in [0.25, 0.3) is 0 Å². The van der Waals surface area contributed by atoms with Crippen LogP contribution >= 0.6 is 0 Å². The molecule has 0 aliphatic rings. The van der Waals surface area contributed by atoms with E-state index in [9.17, 15) is 13.6 Å². The quantitative estimate of drug-likeness (QED) is 0.920. The van der Waals surface area contributed by atoms with Crippen molar-refractivity contribution in [1.82, 2.24) is 4.98 Å². The molecular weight excluding hydrogens is 250 g/mol. The Morgan fingerprint density at radius 3 is 2.74 bits per heavy atom. The molecule has 1 N–H and O–H groups in total. The maximum Gasteiger partial charge on any atom is 0.224 e. The van der Waals surface area contributed by atoms with Crippen LogP contribution < -0.4 is 5.32 Å². The number of pyridine rings is 1. The first-order chi connectivity index (χ1) is 9.15. The summed E-state index contributed by atoms with van der Waals surface area (Å²) in [6.07, 6.45) is 2.30. The second kappa shape index (κ2) is 6.04. The molecule has 0 saturated heterocycles. The van der Waals surface area contributed by atoms with Crippen molar-refractivity contribution in [2.24, 2.45) is 0 Å². The first kappa shape index (κ1) is 13.1. The van der Waals surface area contributed by atoms with Crippen molar-refractivity contribution in [3.63, 3.8) is 0 Å². The SMILES string of the molecule is O=C(CCc1ccccn1)Nc1ccc(F)cc1F. The lowest BCUT2D eigenvalue weighted by Gasteiger charge is -2.06. The number of carbonyl (C=O) groups is 1. The summed E-state index contributed by atoms with van der Waals surface area (Å²) in [5.74, 6) is -1.80. The first-order valence-electron chi connectivity index (χ1n) is 5.80. The smallest absolute Gasteiger partial charge is 0.224 e. The second-order valence-corrected chi connectivity index (χ2v) is 3.99. The molecule has 0 aliphatic heterocycles. The molecule has 0 saturated carbocycles. The zero-order valence-electron chi connectivity index (χ0n) is 10.1. The van der Waals surface area contributed by atoms with E-state index >= 15 is 0 Å². The number of halogens is 2. The fourth-order valence-electron chi connectivity index (χ4n) is 1.59. The fraction of sp³-hybridized carbons (Fsp3) is 0.143. The predicted octanol–water partition coefficient (Wildman–Crippen LogP) is 2.93. The van der Waals surface area contributed by atoms with Crippen molar-refractivity contribution in [1.29, 1.82) is 0 Å². The van der Waals surface area contributed by atoms with Gasteiger partial charge in [-0.3, -0.25) is 9.78 Å². The van der Waals surface area contributed by atoms with Crippen molar-refractivity contribution in [3.8, 4) is 0 Å². The van der Waals surface area contributed by atoms with Gasteiger partial charge in [0.05, 0.1) is 5.69 Å². The summed E-state index contributed by atoms with van der Waals surface area (Å²) < 4.78 is 26.0. The summed E-state index contributed by atoms with van der Waals surface area (Å²) >= 11 is 0. The molecule has 0 radical (unpaired) electrons. The summed E-state index contributed by atoms with van der Waals surface area (Å²) in [5, 5.41) is 2.40. The van der Waals surface area contributed by atoms with Gasteiger partial charge < -0.3 is 5.32 Å². The molecule has 1 amide bonds. The van der Waals surface area contributed by atoms with E-state index in [2.05, 4.69) is 10.3 Å². The van der Waals surface area contributed by atoms with E-state index in [1.165, 1.54) is 6.07 Å². The summed E-state index contributed by atoms with van der Waals surface area (Å²) in [7, 11) is 0. The standard InChI is InChI=1S/C14H12F2N2O/c15-10-4-6-13(12(16)9-10)18-14(19)7-5-11-3-1-2-8-17-11/h1-4,6,8-9H,5,7H2,(H,18,19). The third-order valence-electron chi connectivity index (χ3n) is 2.54. The third kappa shape index (κ3) is 3.84. The van der Waals surface area contributed by atoms with Crippen molar-refractivity contribution < 1.29 is 13.6 Å². The highest BCUT2D eigenvalue weighted by atomic mass is 19.1. The van der Waals surface area contributed by atoms with Crippen LogP contribution in [0.1, 0.15) is 12.1 Å². The molecule has 2 aromatic rings. The molecule has 3 nitrogen and oxygen atoms in total. The summed E-state index contributed by atoms with van der Waals surface area (Å²) in [6.45, 7) is 0. The van der Waals surface area contributed by atoms with Gasteiger partial charge in [-0.25, -0.2) is 8.78 Å². The van der Waals surface area contributed by atoms with Crippen LogP contribution in [0, 0.1) is 11.6 Å². The Labute approximate surface area is 109 Å². The molecule has 0 atom stereocenters. The molecule has 98 valence electrons. The van der Waals surface area contributed by atoms with Gasteiger partial charge >= 0.3 is 0 Å². The van der Waals surface area contributed by atoms with Crippen LogP contribution in [0.5, 0.6) is 0 Å². The lowest BCUT2D eigenvalue weighted by atomic mass is 10.2. The lowest BCUT2D eigenvalue weighted by molar-refractivity contribution is -0.116. The van der Waals surface area contributed by atoms with E-state index < -0.39 is 11.6 Å². The van der Waals surface area contributed by atoms with Crippen molar-refractivity contribution >= 4 is 11.6 Å². The molecular formula is C14H12F2N2O. The molecule has 2 rings (SSSR count). The Morgan fingerprint density at radius 2 is 2.05 bits per heavy atom. The molecule has 0 unspecified atom stereocenters. The fourth-order valence-corrected chi connectivity index (χ4v) is 1.59. The van der Waals surface area contributed by atoms with E-state index in [1.54, 1.807) is 12.3 Å². The van der Waals surface area contributed by atoms with Crippen LogP contribution in [0.3, 0.4) is 0 Å². The zero-order valence-corrected chi connectivity index (χ0v) is 10.1. The molecule has 0 bridgehead atoms. The topological polar surface area (TPSA) is 42.0 Å². The molecule has 1 heterocycles. The van der Waals surface area contributed by atoms with Crippen LogP contribution in [0.4, 0.5) is 14.5 Å². The van der Waals surface area contributed by atoms with E-state index in [0.29, 0.717) is 6.42 Å². The van der Waals surface area contributed by atoms with Gasteiger partial charge in [0.15, 0.2) is 0 Å². The van der Waals surface area contributed by atoms with E-state index in [0.717, 1.165) is 17.8 Å². The number of aromatic nitrogens is 1. The largest absolute Gasteiger partial charge is 0.324 e. The Morgan fingerprint density at radius 1 is 1.21 bits per heavy atom. The maximum atomic E-state index is 13.3. The normalized spacial score (nSPS) is 10.2. The van der Waals surface area contributed by atoms with Gasteiger partial charge in [-0.05, 0) is 30.7 Å². The Kier molecular flexibility index (Phi) is 4.18. The van der Waals surface area contributed by atoms with Gasteiger partial charge in [-0.1, -0.05) is 6.07 Å². The first-order valence-corrected chi connectivity index (χ1v) is 5.80. The molecule has 1 aromatic heterocycles. The van der Waals surface area contributed by atoms with Crippen LogP contribution in [0.15, 0.2) is 42.6 Å². The maximum absolute atomic E-state index is 13.3. The summed E-state index contributed by atoms with van der Waals surface area (Å²) in [6, 6.07) is 8.46. The van der Waals surface area contributed by atoms with Crippen LogP contribution in [0.2, 0.25) is 0 Å². The highest BCUT2D eigenvalue weighted by Crippen LogP contribution is 2.15. The summed E-state index contributed by atoms with van der Waals surface area (Å²) in [4.78, 5) is 15.7. The number of anilines is 1. The minimum atomic E-state index is -0.786. The van der Waals surface area contributed by atoms with Gasteiger partial charge in [0.2, 0.25) is 5.91 Å². The van der Waals surface area contributed by atoms with Gasteiger partial charge in [0.25, 0.3) is 0 Å². The number of hydrogen-bond acceptors (Lipinski definition) is 2. The van der Waals surface area contributed by atoms with E-state index in [-0.39, 0.29) is 18.0 Å². The highest BCUT2D eigenvalue weighted by molar-refractivity contribution is 5.90. The van der Waals surface area contributed by atoms with Gasteiger partial charge in [0, 0.05) is 24.4 Å². The Hall–Kier alpha value is -2.30. The van der Waals surface area contributed by atoms with Gasteiger partial charge in [0.1, 0.15) is 11.6 Å². The number of amides is 1. The number of hydrogen-bond donors (Lipinski definition) is 1. The van der Waals surface area contributed by atoms with E-state index in [1.807, 2.05) is 12.1 Å². The number of benzene rings is 1. The molecule has 0 aliphatic carbocycles. The van der Waals surface area contributed by atoms with Gasteiger partial charge in [-0.2, -0.15) is 0 Å². The van der Waals surface area contributed by atoms with Crippen molar-refractivity contribution in [3.05, 3.63) is 59.9 Å².